The van der Waals surface area contributed by atoms with E-state index in [9.17, 15) is 0 Å². The van der Waals surface area contributed by atoms with Crippen molar-refractivity contribution in [2.75, 3.05) is 14.2 Å². The van der Waals surface area contributed by atoms with Crippen LogP contribution in [0.5, 0.6) is 11.5 Å². The fourth-order valence-corrected chi connectivity index (χ4v) is 15.4. The maximum Gasteiger partial charge on any atom is -0.0134 e. The van der Waals surface area contributed by atoms with Gasteiger partial charge < -0.3 is 9.47 Å². The van der Waals surface area contributed by atoms with Crippen LogP contribution in [0.2, 0.25) is 10.0 Å². The molecule has 10 heteroatoms. The summed E-state index contributed by atoms with van der Waals surface area (Å²) in [6.45, 7) is 6.66. The quantitative estimate of drug-likeness (QED) is 0.0514. The Kier molecular flexibility index (Phi) is 37.8. The molecule has 93 heavy (non-hydrogen) atoms. The first kappa shape index (κ1) is 79.2. The molecule has 0 heterocycles. The molecule has 0 aliphatic carbocycles. The van der Waals surface area contributed by atoms with Crippen molar-refractivity contribution in [1.82, 2.24) is 0 Å². The molecule has 0 aromatic heterocycles. The van der Waals surface area contributed by atoms with E-state index in [2.05, 4.69) is 279 Å². The summed E-state index contributed by atoms with van der Waals surface area (Å²) in [7, 11) is 12.1. The Morgan fingerprint density at radius 3 is 1.08 bits per heavy atom. The summed E-state index contributed by atoms with van der Waals surface area (Å²) in [6, 6.07) is 102. The van der Waals surface area contributed by atoms with Gasteiger partial charge in [0.05, 0.1) is 14.2 Å². The average Bonchev–Trinajstić information content (AvgIpc) is 0.949. The van der Waals surface area contributed by atoms with Gasteiger partial charge in [-0.25, -0.2) is 0 Å². The molecular weight excluding hydrogens is 1420 g/mol. The van der Waals surface area contributed by atoms with Crippen LogP contribution in [0.1, 0.15) is 87.9 Å². The zero-order valence-electron chi connectivity index (χ0n) is 51.3. The van der Waals surface area contributed by atoms with Gasteiger partial charge >= 0.3 is 35.0 Å². The number of benzene rings is 11. The van der Waals surface area contributed by atoms with E-state index in [1.54, 1.807) is 14.2 Å². The number of hydrogen-bond acceptors (Lipinski definition) is 2. The summed E-state index contributed by atoms with van der Waals surface area (Å²) in [4.78, 5) is 0. The molecule has 0 aliphatic rings. The molecule has 11 aromatic carbocycles. The standard InChI is InChI=1S/C29H31ClO.2C18H15P.C15H14BrClO.3CH4.2ClH.Pd/c1-21(2)18-24-9-13-25(14-10-24)22(3)8-12-27-20-29(31-4)17-16-26(27)15-11-23-6-5-7-28(30)19-23;2*1-4-10-16(11-5-1)19(17-12-6-2-7-13-17)18-14-8-3-9-15-18;1-18-14-8-7-12(15(16)10-14)6-5-11-3-2-4-13(17)9-11;;;;;;/h5-7,9-10,13-14,16-17,19-22H,11,15,18H2,1-4H3;2*1-15H;2-4,7-10H,5-6H2,1H3;3*1H4;2*1H;/q;;;;;;;;;+2/p-2. The Morgan fingerprint density at radius 1 is 0.398 bits per heavy atom. The molecule has 0 aliphatic heterocycles. The van der Waals surface area contributed by atoms with Gasteiger partial charge in [0.15, 0.2) is 0 Å². The predicted molar refractivity (Wildman–Crippen MR) is 414 cm³/mol. The van der Waals surface area contributed by atoms with Crippen molar-refractivity contribution in [2.45, 2.75) is 81.1 Å². The number of aryl methyl sites for hydroxylation is 4. The fourth-order valence-electron chi connectivity index (χ4n) is 9.86. The van der Waals surface area contributed by atoms with Gasteiger partial charge in [0, 0.05) is 26.0 Å². The fraction of sp³-hybridized carbons (Fsp3) is 0.181. The van der Waals surface area contributed by atoms with Crippen LogP contribution >= 0.6 is 74.0 Å². The number of hydrogen-bond donors (Lipinski definition) is 0. The summed E-state index contributed by atoms with van der Waals surface area (Å²) in [5.74, 6) is 9.41. The van der Waals surface area contributed by atoms with Crippen molar-refractivity contribution in [3.8, 4) is 23.3 Å². The minimum atomic E-state index is -0.446. The van der Waals surface area contributed by atoms with Crippen LogP contribution < -0.4 is 41.3 Å². The van der Waals surface area contributed by atoms with E-state index in [0.717, 1.165) is 63.7 Å². The first-order chi connectivity index (χ1) is 43.9. The molecule has 0 N–H and O–H groups in total. The van der Waals surface area contributed by atoms with Crippen molar-refractivity contribution in [2.24, 2.45) is 5.92 Å². The van der Waals surface area contributed by atoms with Gasteiger partial charge in [-0.3, -0.25) is 0 Å². The molecular formula is C83H87BrCl4O2P2Pd. The van der Waals surface area contributed by atoms with Crippen molar-refractivity contribution in [3.05, 3.63) is 345 Å². The second-order valence-electron chi connectivity index (χ2n) is 21.3. The number of rotatable bonds is 17. The molecule has 0 saturated heterocycles. The van der Waals surface area contributed by atoms with Gasteiger partial charge in [0.2, 0.25) is 0 Å². The second kappa shape index (κ2) is 44.4. The first-order valence-corrected chi connectivity index (χ1v) is 38.0. The van der Waals surface area contributed by atoms with Crippen LogP contribution in [0.25, 0.3) is 0 Å². The Balaban J connectivity index is 0.000000264. The van der Waals surface area contributed by atoms with Gasteiger partial charge in [-0.2, -0.15) is 0 Å². The van der Waals surface area contributed by atoms with Gasteiger partial charge in [-0.05, 0) is 175 Å². The van der Waals surface area contributed by atoms with Gasteiger partial charge in [0.25, 0.3) is 0 Å². The molecule has 0 fully saturated rings. The molecule has 0 amide bonds. The zero-order valence-corrected chi connectivity index (χ0v) is 59.3. The minimum absolute atomic E-state index is 0. The summed E-state index contributed by atoms with van der Waals surface area (Å²) in [5.41, 5.74) is 8.66. The van der Waals surface area contributed by atoms with E-state index in [1.807, 2.05) is 60.7 Å². The maximum absolute atomic E-state index is 6.14. The van der Waals surface area contributed by atoms with Crippen molar-refractivity contribution < 1.29 is 25.4 Å². The summed E-state index contributed by atoms with van der Waals surface area (Å²) >= 11 is 15.6. The first-order valence-electron chi connectivity index (χ1n) is 29.8. The number of ether oxygens (including phenoxy) is 2. The molecule has 0 bridgehead atoms. The van der Waals surface area contributed by atoms with E-state index in [4.69, 9.17) is 51.7 Å². The van der Waals surface area contributed by atoms with Crippen molar-refractivity contribution in [1.29, 1.82) is 0 Å². The normalized spacial score (nSPS) is 10.5. The molecule has 0 radical (unpaired) electrons. The van der Waals surface area contributed by atoms with Crippen LogP contribution in [-0.4, -0.2) is 14.2 Å². The SMILES string of the molecule is C.C.C.COc1ccc(CCc2cccc(Cl)c2)c(Br)c1.COc1ccc(CCc2cccc(Cl)c2)c(C#CC(C)c2ccc(CC(C)C)cc2)c1.[Cl][Pd][Cl].c1ccc(P(c2ccccc2)c2ccccc2)cc1.c1ccc(P(c2ccccc2)c2ccccc2)cc1. The second-order valence-corrected chi connectivity index (χ2v) is 29.8. The predicted octanol–water partition coefficient (Wildman–Crippen LogP) is 22.6. The topological polar surface area (TPSA) is 18.5 Å². The largest absolute Gasteiger partial charge is 0.0622 e. The molecule has 1 unspecified atom stereocenters. The van der Waals surface area contributed by atoms with E-state index < -0.39 is 15.8 Å². The Hall–Kier alpha value is -6.26. The summed E-state index contributed by atoms with van der Waals surface area (Å²) in [5, 5.41) is 9.96. The minimum Gasteiger partial charge on any atom is -0.0622 e. The van der Waals surface area contributed by atoms with E-state index >= 15 is 0 Å². The summed E-state index contributed by atoms with van der Waals surface area (Å²) < 4.78 is 11.7. The summed E-state index contributed by atoms with van der Waals surface area (Å²) in [6.07, 6.45) is 4.90. The monoisotopic (exact) mass is 1500 g/mol. The smallest absolute Gasteiger partial charge is 0.0134 e. The van der Waals surface area contributed by atoms with E-state index in [1.165, 1.54) is 65.2 Å². The Labute approximate surface area is 595 Å². The Morgan fingerprint density at radius 2 is 0.742 bits per heavy atom. The van der Waals surface area contributed by atoms with Crippen molar-refractivity contribution >= 4 is 106 Å². The van der Waals surface area contributed by atoms with Gasteiger partial charge in [0.1, 0.15) is 11.5 Å². The van der Waals surface area contributed by atoms with Gasteiger partial charge in [-0.1, -0.05) is 330 Å². The van der Waals surface area contributed by atoms with Crippen molar-refractivity contribution in [3.63, 3.8) is 0 Å². The van der Waals surface area contributed by atoms with Crippen LogP contribution in [0.15, 0.2) is 296 Å². The molecule has 11 rings (SSSR count). The number of halogens is 5. The number of methoxy groups -OCH3 is 2. The maximum atomic E-state index is 6.14. The Bertz CT molecular complexity index is 3570. The van der Waals surface area contributed by atoms with E-state index in [0.29, 0.717) is 5.92 Å². The van der Waals surface area contributed by atoms with Crippen LogP contribution in [0.4, 0.5) is 0 Å². The van der Waals surface area contributed by atoms with E-state index in [-0.39, 0.29) is 44.1 Å². The molecule has 11 aromatic rings. The van der Waals surface area contributed by atoms with Crippen LogP contribution in [0, 0.1) is 17.8 Å². The third kappa shape index (κ3) is 27.2. The van der Waals surface area contributed by atoms with Crippen LogP contribution in [-0.2, 0) is 48.0 Å². The molecule has 2 nitrogen and oxygen atoms in total. The molecule has 0 spiro atoms. The van der Waals surface area contributed by atoms with Gasteiger partial charge in [-0.15, -0.1) is 0 Å². The molecule has 486 valence electrons. The average molecular weight is 1510 g/mol. The zero-order chi connectivity index (χ0) is 63.7. The molecule has 0 saturated carbocycles. The third-order valence-electron chi connectivity index (χ3n) is 14.4. The van der Waals surface area contributed by atoms with Crippen LogP contribution in [0.3, 0.4) is 0 Å². The third-order valence-corrected chi connectivity index (χ3v) is 20.5. The molecule has 1 atom stereocenters.